The van der Waals surface area contributed by atoms with E-state index in [1.807, 2.05) is 18.7 Å². The van der Waals surface area contributed by atoms with Gasteiger partial charge in [-0.15, -0.1) is 0 Å². The molecule has 5 heteroatoms. The van der Waals surface area contributed by atoms with Crippen molar-refractivity contribution in [3.8, 4) is 0 Å². The summed E-state index contributed by atoms with van der Waals surface area (Å²) in [6.45, 7) is 7.12. The fourth-order valence-electron chi connectivity index (χ4n) is 2.31. The standard InChI is InChI=1S/C14H24N4O/c1-4-5-8-17(12-6-7-12)13(19)9-18-11(3)14(15)10(2)16-18/h12H,4-9,15H2,1-3H3. The molecule has 1 aliphatic carbocycles. The minimum Gasteiger partial charge on any atom is -0.396 e. The van der Waals surface area contributed by atoms with Gasteiger partial charge in [-0.3, -0.25) is 9.48 Å². The Kier molecular flexibility index (Phi) is 4.12. The number of nitrogen functional groups attached to an aromatic ring is 1. The number of aryl methyl sites for hydroxylation is 1. The van der Waals surface area contributed by atoms with Gasteiger partial charge in [0.15, 0.2) is 0 Å². The lowest BCUT2D eigenvalue weighted by atomic mass is 10.3. The second-order valence-electron chi connectivity index (χ2n) is 5.41. The maximum absolute atomic E-state index is 12.4. The molecule has 1 fully saturated rings. The minimum atomic E-state index is 0.168. The third kappa shape index (κ3) is 3.08. The quantitative estimate of drug-likeness (QED) is 0.853. The van der Waals surface area contributed by atoms with Crippen LogP contribution in [-0.4, -0.2) is 33.2 Å². The second kappa shape index (κ2) is 5.63. The highest BCUT2D eigenvalue weighted by atomic mass is 16.2. The van der Waals surface area contributed by atoms with Gasteiger partial charge >= 0.3 is 0 Å². The molecule has 106 valence electrons. The Labute approximate surface area is 114 Å². The molecule has 0 spiro atoms. The minimum absolute atomic E-state index is 0.168. The van der Waals surface area contributed by atoms with Crippen molar-refractivity contribution in [2.45, 2.75) is 59.0 Å². The van der Waals surface area contributed by atoms with Crippen molar-refractivity contribution in [1.82, 2.24) is 14.7 Å². The molecule has 1 aromatic heterocycles. The fraction of sp³-hybridized carbons (Fsp3) is 0.714. The number of anilines is 1. The summed E-state index contributed by atoms with van der Waals surface area (Å²) in [6, 6.07) is 0.466. The van der Waals surface area contributed by atoms with Crippen LogP contribution < -0.4 is 5.73 Å². The van der Waals surface area contributed by atoms with Crippen LogP contribution in [0.15, 0.2) is 0 Å². The van der Waals surface area contributed by atoms with Crippen LogP contribution in [0.4, 0.5) is 5.69 Å². The lowest BCUT2D eigenvalue weighted by Gasteiger charge is -2.22. The fourth-order valence-corrected chi connectivity index (χ4v) is 2.31. The molecule has 2 N–H and O–H groups in total. The number of rotatable bonds is 6. The summed E-state index contributed by atoms with van der Waals surface area (Å²) in [5.74, 6) is 0.168. The summed E-state index contributed by atoms with van der Waals surface area (Å²) in [4.78, 5) is 14.4. The van der Waals surface area contributed by atoms with Gasteiger partial charge in [0.25, 0.3) is 0 Å². The molecule has 1 amide bonds. The number of carbonyl (C=O) groups excluding carboxylic acids is 1. The van der Waals surface area contributed by atoms with Crippen LogP contribution in [0.2, 0.25) is 0 Å². The monoisotopic (exact) mass is 264 g/mol. The van der Waals surface area contributed by atoms with E-state index in [1.54, 1.807) is 4.68 Å². The number of nitrogens with two attached hydrogens (primary N) is 1. The van der Waals surface area contributed by atoms with Gasteiger partial charge in [0.1, 0.15) is 6.54 Å². The zero-order valence-electron chi connectivity index (χ0n) is 12.1. The number of hydrogen-bond acceptors (Lipinski definition) is 3. The van der Waals surface area contributed by atoms with Crippen molar-refractivity contribution in [3.63, 3.8) is 0 Å². The molecule has 0 bridgehead atoms. The lowest BCUT2D eigenvalue weighted by Crippen LogP contribution is -2.36. The van der Waals surface area contributed by atoms with Crippen LogP contribution in [0.5, 0.6) is 0 Å². The number of carbonyl (C=O) groups is 1. The van der Waals surface area contributed by atoms with E-state index < -0.39 is 0 Å². The van der Waals surface area contributed by atoms with Crippen LogP contribution in [0.1, 0.15) is 44.0 Å². The highest BCUT2D eigenvalue weighted by Gasteiger charge is 2.32. The van der Waals surface area contributed by atoms with E-state index in [0.717, 1.165) is 43.6 Å². The third-order valence-corrected chi connectivity index (χ3v) is 3.78. The molecule has 1 saturated carbocycles. The van der Waals surface area contributed by atoms with E-state index in [0.29, 0.717) is 18.3 Å². The first-order valence-corrected chi connectivity index (χ1v) is 7.13. The largest absolute Gasteiger partial charge is 0.396 e. The molecular formula is C14H24N4O. The van der Waals surface area contributed by atoms with E-state index in [-0.39, 0.29) is 5.91 Å². The Morgan fingerprint density at radius 3 is 2.63 bits per heavy atom. The number of amides is 1. The second-order valence-corrected chi connectivity index (χ2v) is 5.41. The van der Waals surface area contributed by atoms with Crippen LogP contribution >= 0.6 is 0 Å². The van der Waals surface area contributed by atoms with Gasteiger partial charge in [-0.25, -0.2) is 0 Å². The Hall–Kier alpha value is -1.52. The molecule has 1 aromatic rings. The van der Waals surface area contributed by atoms with Gasteiger partial charge in [0, 0.05) is 12.6 Å². The smallest absolute Gasteiger partial charge is 0.244 e. The van der Waals surface area contributed by atoms with Crippen LogP contribution in [0, 0.1) is 13.8 Å². The molecule has 0 atom stereocenters. The molecule has 0 saturated heterocycles. The highest BCUT2D eigenvalue weighted by Crippen LogP contribution is 2.27. The average molecular weight is 264 g/mol. The topological polar surface area (TPSA) is 64.2 Å². The summed E-state index contributed by atoms with van der Waals surface area (Å²) in [7, 11) is 0. The number of aromatic nitrogens is 2. The summed E-state index contributed by atoms with van der Waals surface area (Å²) >= 11 is 0. The Morgan fingerprint density at radius 2 is 2.16 bits per heavy atom. The Balaban J connectivity index is 2.03. The summed E-state index contributed by atoms with van der Waals surface area (Å²) in [6.07, 6.45) is 4.48. The van der Waals surface area contributed by atoms with Gasteiger partial charge in [-0.05, 0) is 33.1 Å². The Bertz CT molecular complexity index is 462. The zero-order chi connectivity index (χ0) is 14.0. The number of unbranched alkanes of at least 4 members (excludes halogenated alkanes) is 1. The van der Waals surface area contributed by atoms with Crippen LogP contribution in [0.3, 0.4) is 0 Å². The van der Waals surface area contributed by atoms with Gasteiger partial charge < -0.3 is 10.6 Å². The summed E-state index contributed by atoms with van der Waals surface area (Å²) in [5, 5.41) is 4.34. The van der Waals surface area contributed by atoms with Crippen LogP contribution in [0.25, 0.3) is 0 Å². The first kappa shape index (κ1) is 13.9. The molecule has 0 radical (unpaired) electrons. The molecule has 1 aliphatic rings. The summed E-state index contributed by atoms with van der Waals surface area (Å²) < 4.78 is 1.73. The van der Waals surface area contributed by atoms with E-state index in [1.165, 1.54) is 0 Å². The van der Waals surface area contributed by atoms with Gasteiger partial charge in [0.05, 0.1) is 17.1 Å². The summed E-state index contributed by atoms with van der Waals surface area (Å²) in [5.41, 5.74) is 8.28. The predicted octanol–water partition coefficient (Wildman–Crippen LogP) is 1.87. The first-order chi connectivity index (χ1) is 9.04. The SMILES string of the molecule is CCCCN(C(=O)Cn1nc(C)c(N)c1C)C1CC1. The predicted molar refractivity (Wildman–Crippen MR) is 75.8 cm³/mol. The van der Waals surface area contributed by atoms with E-state index >= 15 is 0 Å². The van der Waals surface area contributed by atoms with Crippen LogP contribution in [-0.2, 0) is 11.3 Å². The van der Waals surface area contributed by atoms with Crippen molar-refractivity contribution < 1.29 is 4.79 Å². The van der Waals surface area contributed by atoms with Crippen molar-refractivity contribution in [3.05, 3.63) is 11.4 Å². The molecule has 2 rings (SSSR count). The van der Waals surface area contributed by atoms with Gasteiger partial charge in [-0.2, -0.15) is 5.10 Å². The molecular weight excluding hydrogens is 240 g/mol. The molecule has 5 nitrogen and oxygen atoms in total. The van der Waals surface area contributed by atoms with Crippen molar-refractivity contribution in [2.75, 3.05) is 12.3 Å². The number of hydrogen-bond donors (Lipinski definition) is 1. The maximum atomic E-state index is 12.4. The highest BCUT2D eigenvalue weighted by molar-refractivity contribution is 5.77. The van der Waals surface area contributed by atoms with Gasteiger partial charge in [0.2, 0.25) is 5.91 Å². The lowest BCUT2D eigenvalue weighted by molar-refractivity contribution is -0.132. The third-order valence-electron chi connectivity index (χ3n) is 3.78. The van der Waals surface area contributed by atoms with Crippen molar-refractivity contribution in [2.24, 2.45) is 0 Å². The first-order valence-electron chi connectivity index (χ1n) is 7.13. The molecule has 0 aromatic carbocycles. The molecule has 0 unspecified atom stereocenters. The zero-order valence-corrected chi connectivity index (χ0v) is 12.1. The van der Waals surface area contributed by atoms with E-state index in [9.17, 15) is 4.79 Å². The number of nitrogens with zero attached hydrogens (tertiary/aromatic N) is 3. The maximum Gasteiger partial charge on any atom is 0.244 e. The molecule has 0 aliphatic heterocycles. The normalized spacial score (nSPS) is 14.7. The van der Waals surface area contributed by atoms with Crippen molar-refractivity contribution in [1.29, 1.82) is 0 Å². The van der Waals surface area contributed by atoms with E-state index in [4.69, 9.17) is 5.73 Å². The Morgan fingerprint density at radius 1 is 1.47 bits per heavy atom. The van der Waals surface area contributed by atoms with E-state index in [2.05, 4.69) is 12.0 Å². The van der Waals surface area contributed by atoms with Gasteiger partial charge in [-0.1, -0.05) is 13.3 Å². The average Bonchev–Trinajstić information content (AvgIpc) is 3.17. The molecule has 1 heterocycles. The van der Waals surface area contributed by atoms with Crippen molar-refractivity contribution >= 4 is 11.6 Å². The molecule has 19 heavy (non-hydrogen) atoms.